The molecular weight excluding hydrogens is 300 g/mol. The minimum atomic E-state index is -0.300. The van der Waals surface area contributed by atoms with Crippen molar-refractivity contribution in [2.75, 3.05) is 7.11 Å². The first-order valence-electron chi connectivity index (χ1n) is 8.67. The first-order chi connectivity index (χ1) is 11.4. The van der Waals surface area contributed by atoms with Gasteiger partial charge >= 0.3 is 5.97 Å². The molecule has 0 heterocycles. The molecule has 2 rings (SSSR count). The molecule has 0 fully saturated rings. The summed E-state index contributed by atoms with van der Waals surface area (Å²) in [4.78, 5) is 24.6. The number of hydrogen-bond acceptors (Lipinski definition) is 3. The van der Waals surface area contributed by atoms with Gasteiger partial charge in [0.05, 0.1) is 7.11 Å². The van der Waals surface area contributed by atoms with Crippen molar-refractivity contribution in [3.8, 4) is 0 Å². The zero-order chi connectivity index (χ0) is 17.9. The summed E-state index contributed by atoms with van der Waals surface area (Å²) in [6.07, 6.45) is 11.7. The number of methoxy groups -OCH3 is 1. The fourth-order valence-corrected chi connectivity index (χ4v) is 3.88. The molecule has 0 saturated heterocycles. The molecule has 0 aromatic carbocycles. The van der Waals surface area contributed by atoms with E-state index in [1.807, 2.05) is 12.2 Å². The first kappa shape index (κ1) is 18.4. The Bertz CT molecular complexity index is 629. The minimum Gasteiger partial charge on any atom is -0.466 e. The maximum atomic E-state index is 12.4. The van der Waals surface area contributed by atoms with Crippen molar-refractivity contribution in [3.63, 3.8) is 0 Å². The van der Waals surface area contributed by atoms with Gasteiger partial charge in [-0.15, -0.1) is 0 Å². The summed E-state index contributed by atoms with van der Waals surface area (Å²) >= 11 is 0. The van der Waals surface area contributed by atoms with Crippen molar-refractivity contribution in [1.82, 2.24) is 0 Å². The number of esters is 1. The molecule has 0 aromatic rings. The maximum absolute atomic E-state index is 12.4. The molecule has 3 heteroatoms. The molecular formula is C21H28O3. The molecule has 3 nitrogen and oxygen atoms in total. The molecule has 0 amide bonds. The lowest BCUT2D eigenvalue weighted by Gasteiger charge is -2.30. The number of carbonyl (C=O) groups is 2. The Morgan fingerprint density at radius 1 is 1.25 bits per heavy atom. The molecule has 130 valence electrons. The Morgan fingerprint density at radius 3 is 2.50 bits per heavy atom. The van der Waals surface area contributed by atoms with Crippen LogP contribution in [0.4, 0.5) is 0 Å². The van der Waals surface area contributed by atoms with Crippen LogP contribution in [-0.2, 0) is 14.3 Å². The highest BCUT2D eigenvalue weighted by molar-refractivity contribution is 5.97. The van der Waals surface area contributed by atoms with E-state index in [1.54, 1.807) is 6.08 Å². The van der Waals surface area contributed by atoms with E-state index in [2.05, 4.69) is 39.8 Å². The van der Waals surface area contributed by atoms with E-state index in [1.165, 1.54) is 18.3 Å². The van der Waals surface area contributed by atoms with Gasteiger partial charge in [0.2, 0.25) is 0 Å². The summed E-state index contributed by atoms with van der Waals surface area (Å²) in [5.41, 5.74) is 3.21. The Hall–Kier alpha value is -1.90. The summed E-state index contributed by atoms with van der Waals surface area (Å²) in [5.74, 6) is -0.0620. The molecule has 0 aromatic heterocycles. The quantitative estimate of drug-likeness (QED) is 0.554. The number of rotatable bonds is 5. The number of hydrogen-bond donors (Lipinski definition) is 0. The van der Waals surface area contributed by atoms with E-state index < -0.39 is 0 Å². The van der Waals surface area contributed by atoms with Crippen molar-refractivity contribution in [1.29, 1.82) is 0 Å². The Balaban J connectivity index is 2.30. The van der Waals surface area contributed by atoms with Crippen LogP contribution in [0.25, 0.3) is 0 Å². The fourth-order valence-electron chi connectivity index (χ4n) is 3.88. The van der Waals surface area contributed by atoms with Crippen molar-refractivity contribution in [2.24, 2.45) is 23.7 Å². The van der Waals surface area contributed by atoms with Gasteiger partial charge in [0.1, 0.15) is 0 Å². The molecule has 0 radical (unpaired) electrons. The number of allylic oxidation sites excluding steroid dienone is 7. The van der Waals surface area contributed by atoms with Crippen LogP contribution in [0.2, 0.25) is 0 Å². The van der Waals surface area contributed by atoms with Crippen LogP contribution in [0.15, 0.2) is 47.1 Å². The monoisotopic (exact) mass is 328 g/mol. The van der Waals surface area contributed by atoms with E-state index in [0.717, 1.165) is 12.8 Å². The van der Waals surface area contributed by atoms with Gasteiger partial charge in [-0.1, -0.05) is 42.4 Å². The third-order valence-corrected chi connectivity index (χ3v) is 5.20. The molecule has 2 aliphatic rings. The van der Waals surface area contributed by atoms with Crippen LogP contribution in [0, 0.1) is 23.7 Å². The topological polar surface area (TPSA) is 43.4 Å². The highest BCUT2D eigenvalue weighted by atomic mass is 16.5. The Morgan fingerprint density at radius 2 is 1.96 bits per heavy atom. The Kier molecular flexibility index (Phi) is 5.98. The standard InChI is InChI=1S/C21H28O3/c1-13(2)7-6-8-14(3)16-10-11-17(21(23)24-5)20(16)19-15(4)9-12-18(19)22/h7-9,11-12,15-16,19-20H,6,10H2,1-5H3/b14-8-/t15-,16+,19+,20-/m1/s1. The predicted octanol–water partition coefficient (Wildman–Crippen LogP) is 4.42. The lowest BCUT2D eigenvalue weighted by Crippen LogP contribution is -2.32. The zero-order valence-electron chi connectivity index (χ0n) is 15.3. The summed E-state index contributed by atoms with van der Waals surface area (Å²) in [6.45, 7) is 8.34. The second kappa shape index (κ2) is 7.78. The molecule has 0 spiro atoms. The van der Waals surface area contributed by atoms with Gasteiger partial charge in [-0.25, -0.2) is 4.79 Å². The van der Waals surface area contributed by atoms with E-state index in [0.29, 0.717) is 5.57 Å². The molecule has 24 heavy (non-hydrogen) atoms. The summed E-state index contributed by atoms with van der Waals surface area (Å²) in [7, 11) is 1.41. The third-order valence-electron chi connectivity index (χ3n) is 5.20. The highest BCUT2D eigenvalue weighted by Gasteiger charge is 2.45. The van der Waals surface area contributed by atoms with Gasteiger partial charge < -0.3 is 4.74 Å². The molecule has 0 saturated carbocycles. The number of carbonyl (C=O) groups excluding carboxylic acids is 2. The van der Waals surface area contributed by atoms with Crippen molar-refractivity contribution >= 4 is 11.8 Å². The van der Waals surface area contributed by atoms with Gasteiger partial charge in [0, 0.05) is 17.4 Å². The van der Waals surface area contributed by atoms with E-state index in [-0.39, 0.29) is 35.4 Å². The summed E-state index contributed by atoms with van der Waals surface area (Å²) in [5, 5.41) is 0. The van der Waals surface area contributed by atoms with Crippen LogP contribution < -0.4 is 0 Å². The third kappa shape index (κ3) is 3.77. The minimum absolute atomic E-state index is 0.0853. The van der Waals surface area contributed by atoms with Gasteiger partial charge in [-0.3, -0.25) is 4.79 Å². The maximum Gasteiger partial charge on any atom is 0.333 e. The zero-order valence-corrected chi connectivity index (χ0v) is 15.3. The highest BCUT2D eigenvalue weighted by Crippen LogP contribution is 2.46. The second-order valence-corrected chi connectivity index (χ2v) is 7.13. The fraction of sp³-hybridized carbons (Fsp3) is 0.524. The number of ether oxygens (including phenoxy) is 1. The van der Waals surface area contributed by atoms with Crippen molar-refractivity contribution in [3.05, 3.63) is 47.1 Å². The molecule has 2 aliphatic carbocycles. The van der Waals surface area contributed by atoms with Crippen LogP contribution in [0.5, 0.6) is 0 Å². The molecule has 0 aliphatic heterocycles. The SMILES string of the molecule is COC(=O)C1=CC[C@@H](/C(C)=C\CC=C(C)C)[C@H]1[C@@H]1C(=O)C=C[C@H]1C. The number of ketones is 1. The lowest BCUT2D eigenvalue weighted by atomic mass is 9.72. The molecule has 0 bridgehead atoms. The van der Waals surface area contributed by atoms with Crippen LogP contribution in [0.3, 0.4) is 0 Å². The Labute approximate surface area is 145 Å². The largest absolute Gasteiger partial charge is 0.466 e. The lowest BCUT2D eigenvalue weighted by molar-refractivity contribution is -0.137. The van der Waals surface area contributed by atoms with Crippen molar-refractivity contribution < 1.29 is 14.3 Å². The van der Waals surface area contributed by atoms with Crippen LogP contribution in [0.1, 0.15) is 40.5 Å². The molecule has 4 atom stereocenters. The molecule has 0 N–H and O–H groups in total. The van der Waals surface area contributed by atoms with Gasteiger partial charge in [0.15, 0.2) is 5.78 Å². The van der Waals surface area contributed by atoms with Crippen LogP contribution >= 0.6 is 0 Å². The molecule has 0 unspecified atom stereocenters. The van der Waals surface area contributed by atoms with E-state index in [9.17, 15) is 9.59 Å². The predicted molar refractivity (Wildman–Crippen MR) is 96.3 cm³/mol. The first-order valence-corrected chi connectivity index (χ1v) is 8.67. The average molecular weight is 328 g/mol. The smallest absolute Gasteiger partial charge is 0.333 e. The average Bonchev–Trinajstić information content (AvgIpc) is 3.09. The van der Waals surface area contributed by atoms with E-state index in [4.69, 9.17) is 4.74 Å². The summed E-state index contributed by atoms with van der Waals surface area (Å²) < 4.78 is 4.97. The van der Waals surface area contributed by atoms with Gasteiger partial charge in [-0.2, -0.15) is 0 Å². The van der Waals surface area contributed by atoms with Crippen molar-refractivity contribution in [2.45, 2.75) is 40.5 Å². The normalized spacial score (nSPS) is 29.6. The van der Waals surface area contributed by atoms with E-state index >= 15 is 0 Å². The summed E-state index contributed by atoms with van der Waals surface area (Å²) in [6, 6.07) is 0. The van der Waals surface area contributed by atoms with Gasteiger partial charge in [-0.05, 0) is 51.5 Å². The van der Waals surface area contributed by atoms with Crippen LogP contribution in [-0.4, -0.2) is 18.9 Å². The second-order valence-electron chi connectivity index (χ2n) is 7.13. The van der Waals surface area contributed by atoms with Gasteiger partial charge in [0.25, 0.3) is 0 Å².